The van der Waals surface area contributed by atoms with Crippen LogP contribution in [0, 0.1) is 0 Å². The number of alkyl halides is 3. The zero-order chi connectivity index (χ0) is 22.5. The average Bonchev–Trinajstić information content (AvgIpc) is 2.76. The van der Waals surface area contributed by atoms with E-state index in [2.05, 4.69) is 15.3 Å². The van der Waals surface area contributed by atoms with Crippen molar-refractivity contribution in [3.05, 3.63) is 88.8 Å². The molecular formula is C21H17ClF3N3O3. The van der Waals surface area contributed by atoms with E-state index in [1.807, 2.05) is 30.3 Å². The quantitative estimate of drug-likeness (QED) is 0.569. The molecule has 2 N–H and O–H groups in total. The van der Waals surface area contributed by atoms with Gasteiger partial charge in [-0.2, -0.15) is 13.2 Å². The SMILES string of the molecule is O=C(NCC(O)(c1ccc(Cl)cc1)C(F)(F)F)c1cnc(OCc2ccccc2)cn1. The van der Waals surface area contributed by atoms with Gasteiger partial charge in [0.05, 0.1) is 18.9 Å². The second-order valence-electron chi connectivity index (χ2n) is 6.56. The first-order chi connectivity index (χ1) is 14.7. The van der Waals surface area contributed by atoms with Crippen LogP contribution in [0.3, 0.4) is 0 Å². The van der Waals surface area contributed by atoms with Crippen molar-refractivity contribution in [1.29, 1.82) is 0 Å². The third-order valence-electron chi connectivity index (χ3n) is 4.39. The summed E-state index contributed by atoms with van der Waals surface area (Å²) in [6, 6.07) is 13.8. The largest absolute Gasteiger partial charge is 0.472 e. The Kier molecular flexibility index (Phi) is 6.77. The molecule has 0 aliphatic heterocycles. The van der Waals surface area contributed by atoms with Crippen molar-refractivity contribution in [1.82, 2.24) is 15.3 Å². The highest BCUT2D eigenvalue weighted by molar-refractivity contribution is 6.30. The van der Waals surface area contributed by atoms with Gasteiger partial charge < -0.3 is 15.2 Å². The fourth-order valence-corrected chi connectivity index (χ4v) is 2.76. The molecule has 3 aromatic rings. The van der Waals surface area contributed by atoms with Crippen molar-refractivity contribution in [3.63, 3.8) is 0 Å². The summed E-state index contributed by atoms with van der Waals surface area (Å²) in [5.74, 6) is -0.785. The normalized spacial score (nSPS) is 13.3. The molecule has 0 aliphatic rings. The Morgan fingerprint density at radius 2 is 1.71 bits per heavy atom. The number of nitrogens with one attached hydrogen (secondary N) is 1. The number of amides is 1. The summed E-state index contributed by atoms with van der Waals surface area (Å²) in [6.45, 7) is -0.883. The zero-order valence-electron chi connectivity index (χ0n) is 15.9. The first-order valence-electron chi connectivity index (χ1n) is 9.01. The maximum absolute atomic E-state index is 13.5. The number of carbonyl (C=O) groups excluding carboxylic acids is 1. The molecule has 2 aromatic carbocycles. The van der Waals surface area contributed by atoms with Crippen LogP contribution >= 0.6 is 11.6 Å². The molecule has 1 aromatic heterocycles. The van der Waals surface area contributed by atoms with Gasteiger partial charge >= 0.3 is 6.18 Å². The van der Waals surface area contributed by atoms with Crippen molar-refractivity contribution in [2.45, 2.75) is 18.4 Å². The minimum Gasteiger partial charge on any atom is -0.472 e. The monoisotopic (exact) mass is 451 g/mol. The minimum atomic E-state index is -5.05. The lowest BCUT2D eigenvalue weighted by Crippen LogP contribution is -2.51. The number of halogens is 4. The van der Waals surface area contributed by atoms with E-state index in [9.17, 15) is 23.1 Å². The number of aromatic nitrogens is 2. The number of hydrogen-bond acceptors (Lipinski definition) is 5. The van der Waals surface area contributed by atoms with Gasteiger partial charge in [-0.1, -0.05) is 54.1 Å². The molecule has 1 unspecified atom stereocenters. The molecular weight excluding hydrogens is 435 g/mol. The average molecular weight is 452 g/mol. The summed E-state index contributed by atoms with van der Waals surface area (Å²) < 4.78 is 46.1. The second-order valence-corrected chi connectivity index (χ2v) is 7.00. The Morgan fingerprint density at radius 1 is 1.03 bits per heavy atom. The smallest absolute Gasteiger partial charge is 0.423 e. The van der Waals surface area contributed by atoms with Crippen molar-refractivity contribution in [2.24, 2.45) is 0 Å². The number of benzene rings is 2. The van der Waals surface area contributed by atoms with E-state index in [1.54, 1.807) is 0 Å². The van der Waals surface area contributed by atoms with Crippen LogP contribution in [0.4, 0.5) is 13.2 Å². The Bertz CT molecular complexity index is 1020. The third kappa shape index (κ3) is 5.50. The van der Waals surface area contributed by atoms with E-state index in [4.69, 9.17) is 16.3 Å². The van der Waals surface area contributed by atoms with E-state index in [0.717, 1.165) is 23.9 Å². The van der Waals surface area contributed by atoms with E-state index in [1.165, 1.54) is 18.3 Å². The molecule has 0 radical (unpaired) electrons. The number of ether oxygens (including phenoxy) is 1. The molecule has 1 atom stereocenters. The fourth-order valence-electron chi connectivity index (χ4n) is 2.63. The Hall–Kier alpha value is -3.17. The second kappa shape index (κ2) is 9.32. The number of hydrogen-bond donors (Lipinski definition) is 2. The molecule has 6 nitrogen and oxygen atoms in total. The molecule has 0 saturated heterocycles. The van der Waals surface area contributed by atoms with Crippen LogP contribution in [-0.4, -0.2) is 33.7 Å². The highest BCUT2D eigenvalue weighted by atomic mass is 35.5. The van der Waals surface area contributed by atoms with Gasteiger partial charge in [0, 0.05) is 5.02 Å². The summed E-state index contributed by atoms with van der Waals surface area (Å²) in [5.41, 5.74) is -3.09. The topological polar surface area (TPSA) is 84.3 Å². The number of rotatable bonds is 7. The molecule has 0 spiro atoms. The van der Waals surface area contributed by atoms with Gasteiger partial charge in [-0.3, -0.25) is 4.79 Å². The summed E-state index contributed by atoms with van der Waals surface area (Å²) in [7, 11) is 0. The molecule has 1 heterocycles. The number of aliphatic hydroxyl groups is 1. The van der Waals surface area contributed by atoms with Crippen LogP contribution < -0.4 is 10.1 Å². The van der Waals surface area contributed by atoms with Gasteiger partial charge in [-0.15, -0.1) is 0 Å². The van der Waals surface area contributed by atoms with Gasteiger partial charge in [0.1, 0.15) is 12.3 Å². The lowest BCUT2D eigenvalue weighted by atomic mass is 9.93. The maximum atomic E-state index is 13.5. The molecule has 0 bridgehead atoms. The Balaban J connectivity index is 1.65. The predicted octanol–water partition coefficient (Wildman–Crippen LogP) is 3.89. The zero-order valence-corrected chi connectivity index (χ0v) is 16.7. The molecule has 0 aliphatic carbocycles. The van der Waals surface area contributed by atoms with Crippen molar-refractivity contribution < 1.29 is 27.8 Å². The fraction of sp³-hybridized carbons (Fsp3) is 0.190. The number of nitrogens with zero attached hydrogens (tertiary/aromatic N) is 2. The van der Waals surface area contributed by atoms with E-state index in [0.29, 0.717) is 0 Å². The van der Waals surface area contributed by atoms with Crippen molar-refractivity contribution >= 4 is 17.5 Å². The van der Waals surface area contributed by atoms with Crippen LogP contribution in [0.25, 0.3) is 0 Å². The van der Waals surface area contributed by atoms with Crippen LogP contribution in [0.2, 0.25) is 5.02 Å². The van der Waals surface area contributed by atoms with Crippen LogP contribution in [0.1, 0.15) is 21.6 Å². The van der Waals surface area contributed by atoms with Gasteiger partial charge in [0.2, 0.25) is 11.5 Å². The lowest BCUT2D eigenvalue weighted by molar-refractivity contribution is -0.263. The standard InChI is InChI=1S/C21H17ClF3N3O3/c22-16-8-6-15(7-9-16)20(30,21(23,24)25)13-28-19(29)17-10-27-18(11-26-17)31-12-14-4-2-1-3-5-14/h1-11,30H,12-13H2,(H,28,29). The maximum Gasteiger partial charge on any atom is 0.423 e. The summed E-state index contributed by atoms with van der Waals surface area (Å²) in [5, 5.41) is 12.6. The van der Waals surface area contributed by atoms with Crippen LogP contribution in [0.5, 0.6) is 5.88 Å². The first-order valence-corrected chi connectivity index (χ1v) is 9.39. The van der Waals surface area contributed by atoms with E-state index in [-0.39, 0.29) is 23.2 Å². The van der Waals surface area contributed by atoms with Crippen LogP contribution in [0.15, 0.2) is 67.0 Å². The highest BCUT2D eigenvalue weighted by Gasteiger charge is 2.55. The van der Waals surface area contributed by atoms with E-state index < -0.39 is 29.8 Å². The summed E-state index contributed by atoms with van der Waals surface area (Å²) in [4.78, 5) is 20.0. The molecule has 0 fully saturated rings. The highest BCUT2D eigenvalue weighted by Crippen LogP contribution is 2.38. The van der Waals surface area contributed by atoms with Gasteiger partial charge in [-0.25, -0.2) is 9.97 Å². The van der Waals surface area contributed by atoms with Gasteiger partial charge in [-0.05, 0) is 23.3 Å². The predicted molar refractivity (Wildman–Crippen MR) is 107 cm³/mol. The number of carbonyl (C=O) groups is 1. The van der Waals surface area contributed by atoms with Crippen LogP contribution in [-0.2, 0) is 12.2 Å². The van der Waals surface area contributed by atoms with Crippen molar-refractivity contribution in [2.75, 3.05) is 6.54 Å². The molecule has 1 amide bonds. The molecule has 31 heavy (non-hydrogen) atoms. The Morgan fingerprint density at radius 3 is 2.29 bits per heavy atom. The lowest BCUT2D eigenvalue weighted by Gasteiger charge is -2.31. The summed E-state index contributed by atoms with van der Waals surface area (Å²) in [6.07, 6.45) is -2.79. The molecule has 3 rings (SSSR count). The van der Waals surface area contributed by atoms with Crippen molar-refractivity contribution in [3.8, 4) is 5.88 Å². The molecule has 162 valence electrons. The third-order valence-corrected chi connectivity index (χ3v) is 4.64. The first kappa shape index (κ1) is 22.5. The minimum absolute atomic E-state index is 0.147. The van der Waals surface area contributed by atoms with Gasteiger partial charge in [0.25, 0.3) is 5.91 Å². The summed E-state index contributed by atoms with van der Waals surface area (Å²) >= 11 is 5.70. The van der Waals surface area contributed by atoms with Gasteiger partial charge in [0.15, 0.2) is 0 Å². The van der Waals surface area contributed by atoms with E-state index >= 15 is 0 Å². The molecule has 10 heteroatoms. The molecule has 0 saturated carbocycles. The Labute approximate surface area is 180 Å².